The summed E-state index contributed by atoms with van der Waals surface area (Å²) in [6, 6.07) is 12.4. The number of rotatable bonds is 1. The van der Waals surface area contributed by atoms with Gasteiger partial charge in [0, 0.05) is 5.39 Å². The molecule has 2 rings (SSSR count). The van der Waals surface area contributed by atoms with Crippen LogP contribution in [-0.4, -0.2) is 0 Å². The minimum atomic E-state index is 0. The van der Waals surface area contributed by atoms with Crippen molar-refractivity contribution < 1.29 is 0 Å². The molecular formula is C11H13ClN2. The zero-order valence-corrected chi connectivity index (χ0v) is 8.77. The number of benzene rings is 2. The van der Waals surface area contributed by atoms with Crippen LogP contribution >= 0.6 is 12.4 Å². The number of aryl methyl sites for hydroxylation is 1. The van der Waals surface area contributed by atoms with Crippen molar-refractivity contribution in [2.75, 3.05) is 5.43 Å². The molecule has 0 aliphatic rings. The van der Waals surface area contributed by atoms with Crippen molar-refractivity contribution in [3.05, 3.63) is 42.0 Å². The molecule has 0 aromatic heterocycles. The standard InChI is InChI=1S/C11H12N2.ClH/c1-8-6-7-9-4-2-3-5-10(9)11(8)13-12;/h2-7,13H,12H2,1H3;1H. The molecule has 0 fully saturated rings. The van der Waals surface area contributed by atoms with Crippen LogP contribution in [0, 0.1) is 6.92 Å². The van der Waals surface area contributed by atoms with Crippen molar-refractivity contribution in [2.24, 2.45) is 5.84 Å². The fourth-order valence-corrected chi connectivity index (χ4v) is 1.57. The van der Waals surface area contributed by atoms with Gasteiger partial charge in [-0.05, 0) is 17.9 Å². The summed E-state index contributed by atoms with van der Waals surface area (Å²) in [6.07, 6.45) is 0. The lowest BCUT2D eigenvalue weighted by Gasteiger charge is -2.08. The van der Waals surface area contributed by atoms with Crippen LogP contribution in [0.4, 0.5) is 5.69 Å². The second-order valence-corrected chi connectivity index (χ2v) is 3.12. The highest BCUT2D eigenvalue weighted by Crippen LogP contribution is 2.25. The van der Waals surface area contributed by atoms with Gasteiger partial charge in [-0.25, -0.2) is 0 Å². The highest BCUT2D eigenvalue weighted by molar-refractivity contribution is 5.95. The first-order valence-corrected chi connectivity index (χ1v) is 4.28. The summed E-state index contributed by atoms with van der Waals surface area (Å²) < 4.78 is 0. The summed E-state index contributed by atoms with van der Waals surface area (Å²) in [5, 5.41) is 2.38. The highest BCUT2D eigenvalue weighted by Gasteiger charge is 2.00. The van der Waals surface area contributed by atoms with Crippen LogP contribution in [0.5, 0.6) is 0 Å². The molecule has 74 valence electrons. The van der Waals surface area contributed by atoms with Gasteiger partial charge >= 0.3 is 0 Å². The predicted molar refractivity (Wildman–Crippen MR) is 63.7 cm³/mol. The predicted octanol–water partition coefficient (Wildman–Crippen LogP) is 2.86. The number of fused-ring (bicyclic) bond motifs is 1. The number of nitrogens with two attached hydrogens (primary N) is 1. The quantitative estimate of drug-likeness (QED) is 0.559. The number of anilines is 1. The van der Waals surface area contributed by atoms with Crippen molar-refractivity contribution in [1.82, 2.24) is 0 Å². The zero-order valence-electron chi connectivity index (χ0n) is 7.95. The molecule has 0 aliphatic heterocycles. The van der Waals surface area contributed by atoms with E-state index in [0.717, 1.165) is 5.69 Å². The summed E-state index contributed by atoms with van der Waals surface area (Å²) in [5.74, 6) is 5.47. The van der Waals surface area contributed by atoms with E-state index < -0.39 is 0 Å². The van der Waals surface area contributed by atoms with Crippen LogP contribution in [0.3, 0.4) is 0 Å². The van der Waals surface area contributed by atoms with Crippen LogP contribution in [-0.2, 0) is 0 Å². The SMILES string of the molecule is Cc1ccc2ccccc2c1NN.Cl. The molecule has 0 saturated carbocycles. The van der Waals surface area contributed by atoms with Gasteiger partial charge in [0.15, 0.2) is 0 Å². The van der Waals surface area contributed by atoms with E-state index in [0.29, 0.717) is 0 Å². The Labute approximate surface area is 89.5 Å². The molecule has 14 heavy (non-hydrogen) atoms. The first-order chi connectivity index (χ1) is 6.33. The van der Waals surface area contributed by atoms with E-state index in [4.69, 9.17) is 5.84 Å². The van der Waals surface area contributed by atoms with Crippen LogP contribution in [0.25, 0.3) is 10.8 Å². The van der Waals surface area contributed by atoms with Crippen molar-refractivity contribution in [1.29, 1.82) is 0 Å². The summed E-state index contributed by atoms with van der Waals surface area (Å²) in [6.45, 7) is 2.04. The lowest BCUT2D eigenvalue weighted by atomic mass is 10.1. The molecule has 0 atom stereocenters. The summed E-state index contributed by atoms with van der Waals surface area (Å²) in [5.41, 5.74) is 4.92. The third-order valence-electron chi connectivity index (χ3n) is 2.28. The second kappa shape index (κ2) is 4.31. The van der Waals surface area contributed by atoms with Crippen molar-refractivity contribution in [3.63, 3.8) is 0 Å². The van der Waals surface area contributed by atoms with E-state index in [1.54, 1.807) is 0 Å². The topological polar surface area (TPSA) is 38.0 Å². The lowest BCUT2D eigenvalue weighted by molar-refractivity contribution is 1.33. The largest absolute Gasteiger partial charge is 0.323 e. The van der Waals surface area contributed by atoms with Gasteiger partial charge in [-0.2, -0.15) is 0 Å². The zero-order chi connectivity index (χ0) is 9.26. The number of hydrogen-bond donors (Lipinski definition) is 2. The molecule has 2 nitrogen and oxygen atoms in total. The Balaban J connectivity index is 0.000000980. The maximum absolute atomic E-state index is 5.47. The monoisotopic (exact) mass is 208 g/mol. The Morgan fingerprint density at radius 3 is 2.50 bits per heavy atom. The van der Waals surface area contributed by atoms with E-state index in [9.17, 15) is 0 Å². The molecule has 2 aromatic rings. The fraction of sp³-hybridized carbons (Fsp3) is 0.0909. The van der Waals surface area contributed by atoms with Gasteiger partial charge in [-0.3, -0.25) is 5.84 Å². The number of hydrazine groups is 1. The summed E-state index contributed by atoms with van der Waals surface area (Å²) in [7, 11) is 0. The van der Waals surface area contributed by atoms with Gasteiger partial charge < -0.3 is 5.43 Å². The average molecular weight is 209 g/mol. The van der Waals surface area contributed by atoms with Crippen molar-refractivity contribution in [3.8, 4) is 0 Å². The molecular weight excluding hydrogens is 196 g/mol. The first kappa shape index (κ1) is 10.8. The summed E-state index contributed by atoms with van der Waals surface area (Å²) >= 11 is 0. The van der Waals surface area contributed by atoms with Gasteiger partial charge in [0.1, 0.15) is 0 Å². The van der Waals surface area contributed by atoms with E-state index in [1.807, 2.05) is 19.1 Å². The Hall–Kier alpha value is -1.25. The molecule has 0 heterocycles. The number of halogens is 1. The molecule has 0 amide bonds. The number of nitrogen functional groups attached to an aromatic ring is 1. The summed E-state index contributed by atoms with van der Waals surface area (Å²) in [4.78, 5) is 0. The minimum Gasteiger partial charge on any atom is -0.323 e. The molecule has 0 aliphatic carbocycles. The fourth-order valence-electron chi connectivity index (χ4n) is 1.57. The highest BCUT2D eigenvalue weighted by atomic mass is 35.5. The molecule has 0 spiro atoms. The normalized spacial score (nSPS) is 9.57. The Kier molecular flexibility index (Phi) is 3.33. The molecule has 3 N–H and O–H groups in total. The minimum absolute atomic E-state index is 0. The molecule has 0 bridgehead atoms. The van der Waals surface area contributed by atoms with Crippen LogP contribution < -0.4 is 11.3 Å². The Bertz CT molecular complexity index is 440. The molecule has 0 radical (unpaired) electrons. The van der Waals surface area contributed by atoms with Crippen LogP contribution in [0.2, 0.25) is 0 Å². The Morgan fingerprint density at radius 2 is 1.79 bits per heavy atom. The third-order valence-corrected chi connectivity index (χ3v) is 2.28. The van der Waals surface area contributed by atoms with Crippen LogP contribution in [0.15, 0.2) is 36.4 Å². The van der Waals surface area contributed by atoms with Gasteiger partial charge in [0.2, 0.25) is 0 Å². The smallest absolute Gasteiger partial charge is 0.0592 e. The van der Waals surface area contributed by atoms with E-state index in [-0.39, 0.29) is 12.4 Å². The maximum atomic E-state index is 5.47. The van der Waals surface area contributed by atoms with Crippen molar-refractivity contribution >= 4 is 28.9 Å². The van der Waals surface area contributed by atoms with E-state index >= 15 is 0 Å². The van der Waals surface area contributed by atoms with Gasteiger partial charge in [-0.15, -0.1) is 12.4 Å². The van der Waals surface area contributed by atoms with Gasteiger partial charge in [-0.1, -0.05) is 36.4 Å². The van der Waals surface area contributed by atoms with E-state index in [2.05, 4.69) is 29.7 Å². The molecule has 2 aromatic carbocycles. The van der Waals surface area contributed by atoms with Crippen LogP contribution in [0.1, 0.15) is 5.56 Å². The molecule has 0 saturated heterocycles. The number of hydrogen-bond acceptors (Lipinski definition) is 2. The lowest BCUT2D eigenvalue weighted by Crippen LogP contribution is -2.08. The third kappa shape index (κ3) is 1.67. The van der Waals surface area contributed by atoms with Crippen molar-refractivity contribution in [2.45, 2.75) is 6.92 Å². The second-order valence-electron chi connectivity index (χ2n) is 3.12. The average Bonchev–Trinajstić information content (AvgIpc) is 2.18. The van der Waals surface area contributed by atoms with E-state index in [1.165, 1.54) is 16.3 Å². The first-order valence-electron chi connectivity index (χ1n) is 4.28. The Morgan fingerprint density at radius 1 is 1.07 bits per heavy atom. The molecule has 0 unspecified atom stereocenters. The van der Waals surface area contributed by atoms with Gasteiger partial charge in [0.05, 0.1) is 5.69 Å². The maximum Gasteiger partial charge on any atom is 0.0592 e. The van der Waals surface area contributed by atoms with Gasteiger partial charge in [0.25, 0.3) is 0 Å². The number of nitrogens with one attached hydrogen (secondary N) is 1. The molecule has 3 heteroatoms.